The van der Waals surface area contributed by atoms with Crippen LogP contribution in [0.15, 0.2) is 18.2 Å². The highest BCUT2D eigenvalue weighted by molar-refractivity contribution is 5.78. The number of benzene rings is 1. The van der Waals surface area contributed by atoms with Gasteiger partial charge in [0.2, 0.25) is 0 Å². The lowest BCUT2D eigenvalue weighted by Crippen LogP contribution is -2.42. The van der Waals surface area contributed by atoms with E-state index in [1.165, 1.54) is 12.7 Å². The molecule has 4 nitrogen and oxygen atoms in total. The van der Waals surface area contributed by atoms with Crippen molar-refractivity contribution in [2.24, 2.45) is 0 Å². The number of esters is 1. The summed E-state index contributed by atoms with van der Waals surface area (Å²) in [5.41, 5.74) is 3.35. The van der Waals surface area contributed by atoms with Crippen LogP contribution in [0.1, 0.15) is 22.7 Å². The quantitative estimate of drug-likeness (QED) is 0.780. The molecule has 1 fully saturated rings. The predicted molar refractivity (Wildman–Crippen MR) is 73.1 cm³/mol. The molecular formula is C15H21NO3. The summed E-state index contributed by atoms with van der Waals surface area (Å²) < 4.78 is 10.3. The van der Waals surface area contributed by atoms with E-state index in [-0.39, 0.29) is 12.0 Å². The molecule has 1 atom stereocenters. The second kappa shape index (κ2) is 6.17. The lowest BCUT2D eigenvalue weighted by Gasteiger charge is -2.33. The highest BCUT2D eigenvalue weighted by atomic mass is 16.5. The number of methoxy groups -OCH3 is 1. The van der Waals surface area contributed by atoms with Crippen molar-refractivity contribution in [2.45, 2.75) is 19.9 Å². The van der Waals surface area contributed by atoms with Crippen LogP contribution in [-0.4, -0.2) is 44.3 Å². The number of nitrogens with zero attached hydrogens (tertiary/aromatic N) is 1. The topological polar surface area (TPSA) is 38.8 Å². The lowest BCUT2D eigenvalue weighted by atomic mass is 9.97. The molecule has 1 aromatic carbocycles. The molecule has 1 aliphatic rings. The minimum absolute atomic E-state index is 0.200. The normalized spacial score (nSPS) is 18.1. The van der Waals surface area contributed by atoms with E-state index in [4.69, 9.17) is 9.47 Å². The molecule has 1 heterocycles. The molecule has 2 rings (SSSR count). The van der Waals surface area contributed by atoms with Gasteiger partial charge in [-0.1, -0.05) is 23.8 Å². The van der Waals surface area contributed by atoms with Crippen molar-refractivity contribution in [3.05, 3.63) is 34.9 Å². The van der Waals surface area contributed by atoms with Crippen LogP contribution in [0.2, 0.25) is 0 Å². The number of hydrogen-bond donors (Lipinski definition) is 0. The van der Waals surface area contributed by atoms with Crippen molar-refractivity contribution < 1.29 is 14.3 Å². The zero-order chi connectivity index (χ0) is 13.8. The predicted octanol–water partition coefficient (Wildman–Crippen LogP) is 1.85. The molecule has 1 saturated heterocycles. The smallest absolute Gasteiger partial charge is 0.327 e. The van der Waals surface area contributed by atoms with Crippen LogP contribution in [0.3, 0.4) is 0 Å². The van der Waals surface area contributed by atoms with E-state index < -0.39 is 0 Å². The Balaban J connectivity index is 2.33. The summed E-state index contributed by atoms with van der Waals surface area (Å²) in [6.45, 7) is 6.94. The van der Waals surface area contributed by atoms with E-state index in [1.54, 1.807) is 0 Å². The summed E-state index contributed by atoms with van der Waals surface area (Å²) in [5.74, 6) is -0.200. The summed E-state index contributed by atoms with van der Waals surface area (Å²) in [5, 5.41) is 0. The standard InChI is InChI=1S/C15H21NO3/c1-11-4-5-13(12(2)10-11)14(15(17)18-3)16-6-8-19-9-7-16/h4-5,10,14H,6-9H2,1-3H3. The van der Waals surface area contributed by atoms with Gasteiger partial charge in [0, 0.05) is 13.1 Å². The maximum Gasteiger partial charge on any atom is 0.327 e. The molecule has 4 heteroatoms. The van der Waals surface area contributed by atoms with E-state index in [0.29, 0.717) is 13.2 Å². The maximum absolute atomic E-state index is 12.1. The van der Waals surface area contributed by atoms with Gasteiger partial charge in [0.05, 0.1) is 20.3 Å². The first kappa shape index (κ1) is 14.0. The molecule has 104 valence electrons. The third kappa shape index (κ3) is 3.14. The van der Waals surface area contributed by atoms with E-state index in [1.807, 2.05) is 19.1 Å². The molecule has 0 spiro atoms. The fourth-order valence-corrected chi connectivity index (χ4v) is 2.55. The molecule has 0 aromatic heterocycles. The minimum Gasteiger partial charge on any atom is -0.468 e. The number of aryl methyl sites for hydroxylation is 2. The Hall–Kier alpha value is -1.39. The second-order valence-corrected chi connectivity index (χ2v) is 4.93. The second-order valence-electron chi connectivity index (χ2n) is 4.93. The first-order valence-electron chi connectivity index (χ1n) is 6.60. The average molecular weight is 263 g/mol. The average Bonchev–Trinajstić information content (AvgIpc) is 2.42. The third-order valence-electron chi connectivity index (χ3n) is 3.56. The molecule has 0 N–H and O–H groups in total. The molecule has 0 radical (unpaired) electrons. The molecule has 19 heavy (non-hydrogen) atoms. The van der Waals surface area contributed by atoms with Crippen LogP contribution in [0.25, 0.3) is 0 Å². The van der Waals surface area contributed by atoms with Crippen molar-refractivity contribution in [1.82, 2.24) is 4.90 Å². The first-order valence-corrected chi connectivity index (χ1v) is 6.60. The van der Waals surface area contributed by atoms with Gasteiger partial charge < -0.3 is 9.47 Å². The summed E-state index contributed by atoms with van der Waals surface area (Å²) in [7, 11) is 1.44. The van der Waals surface area contributed by atoms with Gasteiger partial charge in [0.25, 0.3) is 0 Å². The van der Waals surface area contributed by atoms with Gasteiger partial charge in [-0.05, 0) is 25.0 Å². The third-order valence-corrected chi connectivity index (χ3v) is 3.56. The van der Waals surface area contributed by atoms with Gasteiger partial charge in [-0.3, -0.25) is 4.90 Å². The lowest BCUT2D eigenvalue weighted by molar-refractivity contribution is -0.149. The summed E-state index contributed by atoms with van der Waals surface area (Å²) in [6.07, 6.45) is 0. The Morgan fingerprint density at radius 2 is 2.00 bits per heavy atom. The Morgan fingerprint density at radius 1 is 1.32 bits per heavy atom. The Bertz CT molecular complexity index is 453. The van der Waals surface area contributed by atoms with E-state index in [9.17, 15) is 4.79 Å². The van der Waals surface area contributed by atoms with Crippen LogP contribution >= 0.6 is 0 Å². The van der Waals surface area contributed by atoms with Crippen molar-refractivity contribution in [2.75, 3.05) is 33.4 Å². The van der Waals surface area contributed by atoms with Gasteiger partial charge >= 0.3 is 5.97 Å². The molecule has 0 bridgehead atoms. The summed E-state index contributed by atoms with van der Waals surface area (Å²) in [4.78, 5) is 14.3. The zero-order valence-electron chi connectivity index (χ0n) is 11.8. The molecule has 0 saturated carbocycles. The van der Waals surface area contributed by atoms with Crippen LogP contribution < -0.4 is 0 Å². The van der Waals surface area contributed by atoms with Crippen LogP contribution in [0.4, 0.5) is 0 Å². The van der Waals surface area contributed by atoms with Crippen molar-refractivity contribution in [3.63, 3.8) is 0 Å². The molecule has 1 aliphatic heterocycles. The van der Waals surface area contributed by atoms with Crippen molar-refractivity contribution in [3.8, 4) is 0 Å². The minimum atomic E-state index is -0.325. The van der Waals surface area contributed by atoms with E-state index in [0.717, 1.165) is 24.2 Å². The van der Waals surface area contributed by atoms with Crippen LogP contribution in [0, 0.1) is 13.8 Å². The Morgan fingerprint density at radius 3 is 2.58 bits per heavy atom. The highest BCUT2D eigenvalue weighted by Crippen LogP contribution is 2.26. The summed E-state index contributed by atoms with van der Waals surface area (Å²) >= 11 is 0. The Kier molecular flexibility index (Phi) is 4.56. The number of carbonyl (C=O) groups excluding carboxylic acids is 1. The van der Waals surface area contributed by atoms with Crippen molar-refractivity contribution >= 4 is 5.97 Å². The number of ether oxygens (including phenoxy) is 2. The Labute approximate surface area is 114 Å². The fraction of sp³-hybridized carbons (Fsp3) is 0.533. The van der Waals surface area contributed by atoms with Gasteiger partial charge in [-0.2, -0.15) is 0 Å². The SMILES string of the molecule is COC(=O)C(c1ccc(C)cc1C)N1CCOCC1. The van der Waals surface area contributed by atoms with E-state index in [2.05, 4.69) is 17.9 Å². The van der Waals surface area contributed by atoms with Gasteiger partial charge in [0.1, 0.15) is 6.04 Å². The van der Waals surface area contributed by atoms with Crippen LogP contribution in [0.5, 0.6) is 0 Å². The summed E-state index contributed by atoms with van der Waals surface area (Å²) in [6, 6.07) is 5.85. The first-order chi connectivity index (χ1) is 9.13. The molecule has 1 aromatic rings. The van der Waals surface area contributed by atoms with Crippen LogP contribution in [-0.2, 0) is 14.3 Å². The number of rotatable bonds is 3. The van der Waals surface area contributed by atoms with Crippen molar-refractivity contribution in [1.29, 1.82) is 0 Å². The zero-order valence-corrected chi connectivity index (χ0v) is 11.8. The number of carbonyl (C=O) groups is 1. The number of hydrogen-bond acceptors (Lipinski definition) is 4. The molecule has 0 aliphatic carbocycles. The maximum atomic E-state index is 12.1. The molecule has 0 amide bonds. The monoisotopic (exact) mass is 263 g/mol. The van der Waals surface area contributed by atoms with Gasteiger partial charge in [-0.15, -0.1) is 0 Å². The largest absolute Gasteiger partial charge is 0.468 e. The fourth-order valence-electron chi connectivity index (χ4n) is 2.55. The van der Waals surface area contributed by atoms with Gasteiger partial charge in [0.15, 0.2) is 0 Å². The van der Waals surface area contributed by atoms with Gasteiger partial charge in [-0.25, -0.2) is 4.79 Å². The molecular weight excluding hydrogens is 242 g/mol. The number of morpholine rings is 1. The molecule has 1 unspecified atom stereocenters. The highest BCUT2D eigenvalue weighted by Gasteiger charge is 2.30. The van der Waals surface area contributed by atoms with E-state index >= 15 is 0 Å².